The second-order valence-electron chi connectivity index (χ2n) is 2.65. The topological polar surface area (TPSA) is 31.4 Å². The quantitative estimate of drug-likeness (QED) is 0.555. The second-order valence-corrected chi connectivity index (χ2v) is 3.45. The Morgan fingerprint density at radius 3 is 3.00 bits per heavy atom. The number of ether oxygens (including phenoxy) is 2. The summed E-state index contributed by atoms with van der Waals surface area (Å²) in [5.74, 6) is 0.779. The average Bonchev–Trinajstić information content (AvgIpc) is 2.19. The van der Waals surface area contributed by atoms with Gasteiger partial charge >= 0.3 is 0 Å². The highest BCUT2D eigenvalue weighted by Crippen LogP contribution is 2.25. The Morgan fingerprint density at radius 1 is 1.57 bits per heavy atom. The first kappa shape index (κ1) is 11.3. The van der Waals surface area contributed by atoms with Crippen molar-refractivity contribution in [2.75, 3.05) is 12.9 Å². The minimum atomic E-state index is -0.227. The smallest absolute Gasteiger partial charge is 0.197 e. The maximum atomic E-state index is 5.57. The van der Waals surface area contributed by atoms with E-state index in [1.54, 1.807) is 18.0 Å². The molecule has 78 valence electrons. The Balaban J connectivity index is 2.65. The van der Waals surface area contributed by atoms with Crippen LogP contribution in [0.1, 0.15) is 13.8 Å². The highest BCUT2D eigenvalue weighted by molar-refractivity contribution is 7.98. The molecular formula is C10H15NO2S. The summed E-state index contributed by atoms with van der Waals surface area (Å²) in [4.78, 5) is 4.19. The highest BCUT2D eigenvalue weighted by atomic mass is 32.2. The number of thioether (sulfide) groups is 1. The van der Waals surface area contributed by atoms with Crippen molar-refractivity contribution in [2.45, 2.75) is 25.2 Å². The Kier molecular flexibility index (Phi) is 4.76. The van der Waals surface area contributed by atoms with Crippen molar-refractivity contribution in [2.24, 2.45) is 0 Å². The molecule has 1 atom stereocenters. The first-order chi connectivity index (χ1) is 6.77. The van der Waals surface area contributed by atoms with Crippen molar-refractivity contribution in [3.63, 3.8) is 0 Å². The molecule has 1 aromatic rings. The molecule has 1 unspecified atom stereocenters. The van der Waals surface area contributed by atoms with Crippen molar-refractivity contribution in [1.29, 1.82) is 0 Å². The lowest BCUT2D eigenvalue weighted by Gasteiger charge is -2.15. The van der Waals surface area contributed by atoms with Crippen LogP contribution in [0.25, 0.3) is 0 Å². The molecule has 0 bridgehead atoms. The predicted octanol–water partition coefficient (Wildman–Crippen LogP) is 2.56. The summed E-state index contributed by atoms with van der Waals surface area (Å²) in [6, 6.07) is 3.75. The summed E-state index contributed by atoms with van der Waals surface area (Å²) in [6.07, 6.45) is 3.50. The summed E-state index contributed by atoms with van der Waals surface area (Å²) >= 11 is 1.56. The first-order valence-electron chi connectivity index (χ1n) is 4.55. The van der Waals surface area contributed by atoms with E-state index in [4.69, 9.17) is 9.47 Å². The van der Waals surface area contributed by atoms with Crippen LogP contribution < -0.4 is 4.74 Å². The molecule has 0 N–H and O–H groups in total. The molecule has 1 aromatic heterocycles. The fourth-order valence-electron chi connectivity index (χ4n) is 1.07. The van der Waals surface area contributed by atoms with E-state index in [9.17, 15) is 0 Å². The molecule has 0 fully saturated rings. The van der Waals surface area contributed by atoms with Gasteiger partial charge in [0, 0.05) is 12.8 Å². The van der Waals surface area contributed by atoms with E-state index in [-0.39, 0.29) is 6.29 Å². The van der Waals surface area contributed by atoms with Crippen LogP contribution in [-0.2, 0) is 4.74 Å². The van der Waals surface area contributed by atoms with Gasteiger partial charge in [-0.2, -0.15) is 0 Å². The zero-order valence-corrected chi connectivity index (χ0v) is 9.50. The Morgan fingerprint density at radius 2 is 2.36 bits per heavy atom. The van der Waals surface area contributed by atoms with E-state index in [1.165, 1.54) is 0 Å². The summed E-state index contributed by atoms with van der Waals surface area (Å²) < 4.78 is 10.9. The van der Waals surface area contributed by atoms with Crippen LogP contribution in [0.4, 0.5) is 0 Å². The van der Waals surface area contributed by atoms with Crippen LogP contribution in [0.5, 0.6) is 5.75 Å². The standard InChI is InChI=1S/C10H15NO2S/c1-4-12-8(2)13-9-6-5-7-11-10(9)14-3/h5-8H,4H2,1-3H3. The Labute approximate surface area is 88.8 Å². The molecule has 3 nitrogen and oxygen atoms in total. The zero-order chi connectivity index (χ0) is 10.4. The highest BCUT2D eigenvalue weighted by Gasteiger charge is 2.07. The second kappa shape index (κ2) is 5.88. The molecule has 0 saturated carbocycles. The minimum absolute atomic E-state index is 0.227. The summed E-state index contributed by atoms with van der Waals surface area (Å²) in [5.41, 5.74) is 0. The lowest BCUT2D eigenvalue weighted by Crippen LogP contribution is -2.16. The molecule has 0 aliphatic carbocycles. The van der Waals surface area contributed by atoms with Gasteiger partial charge in [-0.1, -0.05) is 0 Å². The number of rotatable bonds is 5. The van der Waals surface area contributed by atoms with Gasteiger partial charge in [0.1, 0.15) is 5.03 Å². The number of hydrogen-bond donors (Lipinski definition) is 0. The van der Waals surface area contributed by atoms with Crippen LogP contribution >= 0.6 is 11.8 Å². The van der Waals surface area contributed by atoms with Crippen LogP contribution in [0.3, 0.4) is 0 Å². The van der Waals surface area contributed by atoms with E-state index in [1.807, 2.05) is 32.2 Å². The van der Waals surface area contributed by atoms with Gasteiger partial charge in [-0.3, -0.25) is 0 Å². The first-order valence-corrected chi connectivity index (χ1v) is 5.77. The third-order valence-corrected chi connectivity index (χ3v) is 2.32. The molecule has 14 heavy (non-hydrogen) atoms. The SMILES string of the molecule is CCOC(C)Oc1cccnc1SC. The summed E-state index contributed by atoms with van der Waals surface area (Å²) in [7, 11) is 0. The fraction of sp³-hybridized carbons (Fsp3) is 0.500. The molecular weight excluding hydrogens is 198 g/mol. The van der Waals surface area contributed by atoms with E-state index < -0.39 is 0 Å². The van der Waals surface area contributed by atoms with Gasteiger partial charge in [0.15, 0.2) is 12.0 Å². The van der Waals surface area contributed by atoms with Gasteiger partial charge in [-0.05, 0) is 32.2 Å². The normalized spacial score (nSPS) is 12.5. The fourth-order valence-corrected chi connectivity index (χ4v) is 1.55. The van der Waals surface area contributed by atoms with Crippen molar-refractivity contribution in [3.05, 3.63) is 18.3 Å². The van der Waals surface area contributed by atoms with Gasteiger partial charge < -0.3 is 9.47 Å². The molecule has 4 heteroatoms. The van der Waals surface area contributed by atoms with Crippen molar-refractivity contribution in [3.8, 4) is 5.75 Å². The van der Waals surface area contributed by atoms with Crippen LogP contribution in [0.15, 0.2) is 23.4 Å². The van der Waals surface area contributed by atoms with Crippen LogP contribution in [0.2, 0.25) is 0 Å². The lowest BCUT2D eigenvalue weighted by molar-refractivity contribution is -0.0630. The Bertz CT molecular complexity index is 281. The predicted molar refractivity (Wildman–Crippen MR) is 57.7 cm³/mol. The van der Waals surface area contributed by atoms with E-state index in [0.29, 0.717) is 6.61 Å². The molecule has 0 spiro atoms. The number of hydrogen-bond acceptors (Lipinski definition) is 4. The van der Waals surface area contributed by atoms with Crippen molar-refractivity contribution >= 4 is 11.8 Å². The van der Waals surface area contributed by atoms with E-state index in [0.717, 1.165) is 10.8 Å². The van der Waals surface area contributed by atoms with Crippen LogP contribution in [-0.4, -0.2) is 24.1 Å². The molecule has 0 radical (unpaired) electrons. The maximum Gasteiger partial charge on any atom is 0.197 e. The van der Waals surface area contributed by atoms with Crippen molar-refractivity contribution in [1.82, 2.24) is 4.98 Å². The van der Waals surface area contributed by atoms with Gasteiger partial charge in [-0.15, -0.1) is 11.8 Å². The number of pyridine rings is 1. The molecule has 0 saturated heterocycles. The summed E-state index contributed by atoms with van der Waals surface area (Å²) in [5, 5.41) is 0.888. The van der Waals surface area contributed by atoms with Gasteiger partial charge in [0.2, 0.25) is 0 Å². The molecule has 0 aliphatic heterocycles. The lowest BCUT2D eigenvalue weighted by atomic mass is 10.4. The number of nitrogens with zero attached hydrogens (tertiary/aromatic N) is 1. The number of aromatic nitrogens is 1. The third kappa shape index (κ3) is 3.20. The largest absolute Gasteiger partial charge is 0.462 e. The van der Waals surface area contributed by atoms with E-state index in [2.05, 4.69) is 4.98 Å². The van der Waals surface area contributed by atoms with Gasteiger partial charge in [-0.25, -0.2) is 4.98 Å². The minimum Gasteiger partial charge on any atom is -0.462 e. The van der Waals surface area contributed by atoms with Gasteiger partial charge in [0.05, 0.1) is 0 Å². The van der Waals surface area contributed by atoms with Crippen molar-refractivity contribution < 1.29 is 9.47 Å². The van der Waals surface area contributed by atoms with Gasteiger partial charge in [0.25, 0.3) is 0 Å². The molecule has 0 aromatic carbocycles. The van der Waals surface area contributed by atoms with Crippen LogP contribution in [0, 0.1) is 0 Å². The summed E-state index contributed by atoms with van der Waals surface area (Å²) in [6.45, 7) is 4.47. The maximum absolute atomic E-state index is 5.57. The zero-order valence-electron chi connectivity index (χ0n) is 8.69. The molecule has 1 rings (SSSR count). The molecule has 1 heterocycles. The molecule has 0 aliphatic rings. The Hall–Kier alpha value is -0.740. The average molecular weight is 213 g/mol. The molecule has 0 amide bonds. The van der Waals surface area contributed by atoms with E-state index >= 15 is 0 Å². The monoisotopic (exact) mass is 213 g/mol. The third-order valence-electron chi connectivity index (χ3n) is 1.62.